The Hall–Kier alpha value is -0.970. The molecule has 1 fully saturated rings. The van der Waals surface area contributed by atoms with Crippen LogP contribution in [-0.2, 0) is 6.42 Å². The lowest BCUT2D eigenvalue weighted by Gasteiger charge is -2.27. The molecule has 1 aromatic heterocycles. The zero-order valence-corrected chi connectivity index (χ0v) is 9.65. The summed E-state index contributed by atoms with van der Waals surface area (Å²) in [5.74, 6) is 0. The molecule has 88 valence electrons. The van der Waals surface area contributed by atoms with Gasteiger partial charge in [-0.15, -0.1) is 0 Å². The van der Waals surface area contributed by atoms with Gasteiger partial charge in [0.05, 0.1) is 0 Å². The molecule has 4 heteroatoms. The van der Waals surface area contributed by atoms with Crippen molar-refractivity contribution in [1.82, 2.24) is 20.5 Å². The van der Waals surface area contributed by atoms with Gasteiger partial charge in [0, 0.05) is 51.8 Å². The fraction of sp³-hybridized carbons (Fsp3) is 0.583. The minimum Gasteiger partial charge on any atom is -0.314 e. The van der Waals surface area contributed by atoms with Crippen LogP contribution >= 0.6 is 0 Å². The van der Waals surface area contributed by atoms with Gasteiger partial charge in [0.1, 0.15) is 0 Å². The second-order valence-electron chi connectivity index (χ2n) is 4.14. The molecule has 2 heterocycles. The molecule has 1 saturated heterocycles. The fourth-order valence-corrected chi connectivity index (χ4v) is 1.89. The van der Waals surface area contributed by atoms with Gasteiger partial charge in [-0.1, -0.05) is 6.07 Å². The third-order valence-electron chi connectivity index (χ3n) is 2.86. The van der Waals surface area contributed by atoms with Crippen molar-refractivity contribution < 1.29 is 0 Å². The number of rotatable bonds is 5. The van der Waals surface area contributed by atoms with E-state index in [4.69, 9.17) is 0 Å². The number of nitrogens with one attached hydrogen (secondary N) is 2. The van der Waals surface area contributed by atoms with Gasteiger partial charge in [0.25, 0.3) is 0 Å². The van der Waals surface area contributed by atoms with E-state index in [1.807, 2.05) is 18.5 Å². The molecular formula is C12H20N4. The first-order valence-corrected chi connectivity index (χ1v) is 5.98. The van der Waals surface area contributed by atoms with Gasteiger partial charge >= 0.3 is 0 Å². The van der Waals surface area contributed by atoms with E-state index in [1.165, 1.54) is 5.56 Å². The zero-order valence-electron chi connectivity index (χ0n) is 9.65. The van der Waals surface area contributed by atoms with Crippen LogP contribution < -0.4 is 10.6 Å². The summed E-state index contributed by atoms with van der Waals surface area (Å²) in [6, 6.07) is 4.12. The third-order valence-corrected chi connectivity index (χ3v) is 2.86. The summed E-state index contributed by atoms with van der Waals surface area (Å²) in [7, 11) is 0. The molecule has 16 heavy (non-hydrogen) atoms. The maximum atomic E-state index is 4.11. The van der Waals surface area contributed by atoms with Crippen LogP contribution in [0.3, 0.4) is 0 Å². The maximum Gasteiger partial charge on any atom is 0.0481 e. The SMILES string of the molecule is c1cncc(CCNCN2CCNCC2)c1. The molecule has 0 atom stereocenters. The highest BCUT2D eigenvalue weighted by Gasteiger charge is 2.07. The number of hydrogen-bond donors (Lipinski definition) is 2. The summed E-state index contributed by atoms with van der Waals surface area (Å²) >= 11 is 0. The van der Waals surface area contributed by atoms with Gasteiger partial charge < -0.3 is 10.6 Å². The average molecular weight is 220 g/mol. The van der Waals surface area contributed by atoms with Crippen LogP contribution in [-0.4, -0.2) is 49.3 Å². The number of pyridine rings is 1. The largest absolute Gasteiger partial charge is 0.314 e. The maximum absolute atomic E-state index is 4.11. The molecule has 0 radical (unpaired) electrons. The molecule has 0 unspecified atom stereocenters. The standard InChI is InChI=1S/C12H20N4/c1-2-12(10-14-4-1)3-5-15-11-16-8-6-13-7-9-16/h1-2,4,10,13,15H,3,5-9,11H2. The predicted octanol–water partition coefficient (Wildman–Crippen LogP) is 0.0764. The first-order chi connectivity index (χ1) is 7.95. The van der Waals surface area contributed by atoms with Crippen molar-refractivity contribution in [3.63, 3.8) is 0 Å². The molecule has 0 aliphatic carbocycles. The van der Waals surface area contributed by atoms with Crippen LogP contribution in [0.1, 0.15) is 5.56 Å². The van der Waals surface area contributed by atoms with Gasteiger partial charge in [-0.25, -0.2) is 0 Å². The number of hydrogen-bond acceptors (Lipinski definition) is 4. The van der Waals surface area contributed by atoms with Gasteiger partial charge in [-0.2, -0.15) is 0 Å². The lowest BCUT2D eigenvalue weighted by atomic mass is 10.2. The number of piperazine rings is 1. The molecule has 0 amide bonds. The van der Waals surface area contributed by atoms with Crippen molar-refractivity contribution >= 4 is 0 Å². The van der Waals surface area contributed by atoms with Gasteiger partial charge in [-0.3, -0.25) is 9.88 Å². The Morgan fingerprint density at radius 3 is 3.00 bits per heavy atom. The van der Waals surface area contributed by atoms with Crippen LogP contribution in [0.4, 0.5) is 0 Å². The van der Waals surface area contributed by atoms with Crippen molar-refractivity contribution in [3.05, 3.63) is 30.1 Å². The van der Waals surface area contributed by atoms with Crippen molar-refractivity contribution in [1.29, 1.82) is 0 Å². The first kappa shape index (κ1) is 11.5. The third kappa shape index (κ3) is 3.89. The van der Waals surface area contributed by atoms with E-state index in [0.717, 1.165) is 45.8 Å². The number of nitrogens with zero attached hydrogens (tertiary/aromatic N) is 2. The summed E-state index contributed by atoms with van der Waals surface area (Å²) in [5, 5.41) is 6.83. The highest BCUT2D eigenvalue weighted by atomic mass is 15.2. The first-order valence-electron chi connectivity index (χ1n) is 5.98. The van der Waals surface area contributed by atoms with E-state index in [2.05, 4.69) is 26.6 Å². The normalized spacial score (nSPS) is 17.5. The molecule has 0 saturated carbocycles. The summed E-state index contributed by atoms with van der Waals surface area (Å²) < 4.78 is 0. The molecule has 1 aliphatic heterocycles. The van der Waals surface area contributed by atoms with Crippen molar-refractivity contribution in [3.8, 4) is 0 Å². The minimum atomic E-state index is 1.00. The molecule has 0 spiro atoms. The molecule has 2 rings (SSSR count). The molecule has 1 aliphatic rings. The van der Waals surface area contributed by atoms with Crippen LogP contribution in [0.15, 0.2) is 24.5 Å². The van der Waals surface area contributed by atoms with Gasteiger partial charge in [-0.05, 0) is 18.1 Å². The molecule has 0 aromatic carbocycles. The second-order valence-corrected chi connectivity index (χ2v) is 4.14. The summed E-state index contributed by atoms with van der Waals surface area (Å²) in [4.78, 5) is 6.55. The highest BCUT2D eigenvalue weighted by molar-refractivity contribution is 5.08. The Kier molecular flexibility index (Phi) is 4.73. The Morgan fingerprint density at radius 2 is 2.25 bits per heavy atom. The summed E-state index contributed by atoms with van der Waals surface area (Å²) in [5.41, 5.74) is 1.30. The second kappa shape index (κ2) is 6.58. The van der Waals surface area contributed by atoms with E-state index in [9.17, 15) is 0 Å². The van der Waals surface area contributed by atoms with E-state index in [-0.39, 0.29) is 0 Å². The Morgan fingerprint density at radius 1 is 1.38 bits per heavy atom. The lowest BCUT2D eigenvalue weighted by molar-refractivity contribution is 0.224. The zero-order chi connectivity index (χ0) is 11.1. The average Bonchev–Trinajstić information content (AvgIpc) is 2.37. The molecule has 0 bridgehead atoms. The van der Waals surface area contributed by atoms with Crippen LogP contribution in [0.5, 0.6) is 0 Å². The molecular weight excluding hydrogens is 200 g/mol. The molecule has 2 N–H and O–H groups in total. The van der Waals surface area contributed by atoms with E-state index in [0.29, 0.717) is 0 Å². The van der Waals surface area contributed by atoms with Crippen molar-refractivity contribution in [2.24, 2.45) is 0 Å². The smallest absolute Gasteiger partial charge is 0.0481 e. The van der Waals surface area contributed by atoms with Gasteiger partial charge in [0.15, 0.2) is 0 Å². The minimum absolute atomic E-state index is 1.00. The molecule has 1 aromatic rings. The molecule has 4 nitrogen and oxygen atoms in total. The Bertz CT molecular complexity index is 282. The Balaban J connectivity index is 1.58. The predicted molar refractivity (Wildman–Crippen MR) is 65.3 cm³/mol. The highest BCUT2D eigenvalue weighted by Crippen LogP contribution is 1.95. The summed E-state index contributed by atoms with van der Waals surface area (Å²) in [6.07, 6.45) is 4.81. The van der Waals surface area contributed by atoms with Crippen molar-refractivity contribution in [2.45, 2.75) is 6.42 Å². The van der Waals surface area contributed by atoms with E-state index in [1.54, 1.807) is 0 Å². The van der Waals surface area contributed by atoms with Crippen LogP contribution in [0, 0.1) is 0 Å². The Labute approximate surface area is 97.1 Å². The van der Waals surface area contributed by atoms with Gasteiger partial charge in [0.2, 0.25) is 0 Å². The summed E-state index contributed by atoms with van der Waals surface area (Å²) in [6.45, 7) is 6.56. The topological polar surface area (TPSA) is 40.2 Å². The number of aromatic nitrogens is 1. The quantitative estimate of drug-likeness (QED) is 0.689. The fourth-order valence-electron chi connectivity index (χ4n) is 1.89. The monoisotopic (exact) mass is 220 g/mol. The van der Waals surface area contributed by atoms with Crippen molar-refractivity contribution in [2.75, 3.05) is 39.4 Å². The van der Waals surface area contributed by atoms with E-state index >= 15 is 0 Å². The van der Waals surface area contributed by atoms with E-state index < -0.39 is 0 Å². The van der Waals surface area contributed by atoms with Crippen LogP contribution in [0.2, 0.25) is 0 Å². The van der Waals surface area contributed by atoms with Crippen LogP contribution in [0.25, 0.3) is 0 Å². The lowest BCUT2D eigenvalue weighted by Crippen LogP contribution is -2.47.